The molecule has 3 aromatic rings. The van der Waals surface area contributed by atoms with E-state index in [0.29, 0.717) is 11.5 Å². The molecule has 120 valence electrons. The molecule has 0 saturated heterocycles. The monoisotopic (exact) mass is 353 g/mol. The fourth-order valence-corrected chi connectivity index (χ4v) is 3.82. The standard InChI is InChI=1S/C14H12FN3O3S2/c1-9-7-10(15)4-5-12(9)23(19,20)16-8-13-17-18-14(21-13)11-3-2-6-22-11/h2-7,16H,8H2,1H3. The maximum atomic E-state index is 13.1. The zero-order valence-electron chi connectivity index (χ0n) is 12.0. The summed E-state index contributed by atoms with van der Waals surface area (Å²) in [6, 6.07) is 7.16. The first kappa shape index (κ1) is 15.8. The molecule has 1 aromatic carbocycles. The van der Waals surface area contributed by atoms with Crippen molar-refractivity contribution in [2.75, 3.05) is 0 Å². The van der Waals surface area contributed by atoms with E-state index in [1.807, 2.05) is 17.5 Å². The Morgan fingerprint density at radius 2 is 2.13 bits per heavy atom. The molecule has 0 amide bonds. The van der Waals surface area contributed by atoms with Gasteiger partial charge in [-0.05, 0) is 42.1 Å². The van der Waals surface area contributed by atoms with Crippen LogP contribution in [0.4, 0.5) is 4.39 Å². The first-order valence-electron chi connectivity index (χ1n) is 6.58. The zero-order valence-corrected chi connectivity index (χ0v) is 13.6. The second kappa shape index (κ2) is 6.19. The number of benzene rings is 1. The molecule has 2 aromatic heterocycles. The molecule has 0 aliphatic rings. The average Bonchev–Trinajstić information content (AvgIpc) is 3.16. The molecule has 0 saturated carbocycles. The van der Waals surface area contributed by atoms with Crippen LogP contribution < -0.4 is 4.72 Å². The van der Waals surface area contributed by atoms with E-state index in [0.717, 1.165) is 17.0 Å². The van der Waals surface area contributed by atoms with Crippen LogP contribution in [0.25, 0.3) is 10.8 Å². The van der Waals surface area contributed by atoms with Gasteiger partial charge in [0.2, 0.25) is 15.9 Å². The summed E-state index contributed by atoms with van der Waals surface area (Å²) in [7, 11) is -3.79. The summed E-state index contributed by atoms with van der Waals surface area (Å²) in [5, 5.41) is 9.55. The number of aryl methyl sites for hydroxylation is 1. The Hall–Kier alpha value is -2.10. The van der Waals surface area contributed by atoms with Crippen LogP contribution in [0.15, 0.2) is 45.0 Å². The molecule has 3 rings (SSSR count). The fourth-order valence-electron chi connectivity index (χ4n) is 1.97. The number of nitrogens with zero attached hydrogens (tertiary/aromatic N) is 2. The number of hydrogen-bond acceptors (Lipinski definition) is 6. The molecule has 9 heteroatoms. The number of hydrogen-bond donors (Lipinski definition) is 1. The smallest absolute Gasteiger partial charge is 0.257 e. The summed E-state index contributed by atoms with van der Waals surface area (Å²) in [6.45, 7) is 1.39. The molecule has 0 spiro atoms. The average molecular weight is 353 g/mol. The Labute approximate surface area is 136 Å². The Bertz CT molecular complexity index is 921. The number of sulfonamides is 1. The maximum Gasteiger partial charge on any atom is 0.257 e. The van der Waals surface area contributed by atoms with Crippen molar-refractivity contribution in [2.45, 2.75) is 18.4 Å². The highest BCUT2D eigenvalue weighted by Crippen LogP contribution is 2.23. The summed E-state index contributed by atoms with van der Waals surface area (Å²) in [6.07, 6.45) is 0. The summed E-state index contributed by atoms with van der Waals surface area (Å²) in [4.78, 5) is 0.817. The van der Waals surface area contributed by atoms with Crippen molar-refractivity contribution in [1.82, 2.24) is 14.9 Å². The lowest BCUT2D eigenvalue weighted by Gasteiger charge is -2.07. The lowest BCUT2D eigenvalue weighted by Crippen LogP contribution is -2.24. The van der Waals surface area contributed by atoms with E-state index in [1.165, 1.54) is 24.3 Å². The van der Waals surface area contributed by atoms with Crippen molar-refractivity contribution >= 4 is 21.4 Å². The molecule has 0 aliphatic heterocycles. The second-order valence-electron chi connectivity index (χ2n) is 4.71. The molecule has 6 nitrogen and oxygen atoms in total. The van der Waals surface area contributed by atoms with Crippen molar-refractivity contribution < 1.29 is 17.2 Å². The van der Waals surface area contributed by atoms with E-state index < -0.39 is 15.8 Å². The first-order chi connectivity index (χ1) is 11.0. The van der Waals surface area contributed by atoms with Crippen molar-refractivity contribution in [1.29, 1.82) is 0 Å². The minimum Gasteiger partial charge on any atom is -0.418 e. The molecule has 2 heterocycles. The van der Waals surface area contributed by atoms with E-state index in [2.05, 4.69) is 14.9 Å². The molecule has 0 radical (unpaired) electrons. The Kier molecular flexibility index (Phi) is 4.24. The van der Waals surface area contributed by atoms with Gasteiger partial charge in [-0.2, -0.15) is 0 Å². The highest BCUT2D eigenvalue weighted by atomic mass is 32.2. The fraction of sp³-hybridized carbons (Fsp3) is 0.143. The first-order valence-corrected chi connectivity index (χ1v) is 8.94. The summed E-state index contributed by atoms with van der Waals surface area (Å²) in [5.74, 6) is 0.00263. The lowest BCUT2D eigenvalue weighted by atomic mass is 10.2. The van der Waals surface area contributed by atoms with Gasteiger partial charge in [0.15, 0.2) is 0 Å². The van der Waals surface area contributed by atoms with Crippen molar-refractivity contribution in [2.24, 2.45) is 0 Å². The molecule has 0 aliphatic carbocycles. The quantitative estimate of drug-likeness (QED) is 0.762. The van der Waals surface area contributed by atoms with Gasteiger partial charge in [0, 0.05) is 0 Å². The topological polar surface area (TPSA) is 85.1 Å². The minimum absolute atomic E-state index is 0.0110. The Morgan fingerprint density at radius 3 is 2.83 bits per heavy atom. The SMILES string of the molecule is Cc1cc(F)ccc1S(=O)(=O)NCc1nnc(-c2cccs2)o1. The third-order valence-electron chi connectivity index (χ3n) is 3.04. The van der Waals surface area contributed by atoms with Gasteiger partial charge in [-0.15, -0.1) is 21.5 Å². The molecule has 0 fully saturated rings. The third kappa shape index (κ3) is 3.46. The summed E-state index contributed by atoms with van der Waals surface area (Å²) < 4.78 is 45.4. The van der Waals surface area contributed by atoms with Gasteiger partial charge in [0.25, 0.3) is 5.89 Å². The van der Waals surface area contributed by atoms with Gasteiger partial charge in [0.05, 0.1) is 16.3 Å². The molecular weight excluding hydrogens is 341 g/mol. The summed E-state index contributed by atoms with van der Waals surface area (Å²) in [5.41, 5.74) is 0.322. The van der Waals surface area contributed by atoms with Crippen LogP contribution >= 0.6 is 11.3 Å². The number of aromatic nitrogens is 2. The largest absolute Gasteiger partial charge is 0.418 e. The van der Waals surface area contributed by atoms with Crippen LogP contribution in [-0.4, -0.2) is 18.6 Å². The maximum absolute atomic E-state index is 13.1. The van der Waals surface area contributed by atoms with Crippen LogP contribution in [0.2, 0.25) is 0 Å². The lowest BCUT2D eigenvalue weighted by molar-refractivity contribution is 0.495. The zero-order chi connectivity index (χ0) is 16.4. The van der Waals surface area contributed by atoms with E-state index >= 15 is 0 Å². The van der Waals surface area contributed by atoms with E-state index in [9.17, 15) is 12.8 Å². The molecule has 0 unspecified atom stereocenters. The summed E-state index contributed by atoms with van der Waals surface area (Å²) >= 11 is 1.44. The van der Waals surface area contributed by atoms with Gasteiger partial charge < -0.3 is 4.42 Å². The van der Waals surface area contributed by atoms with Gasteiger partial charge in [-0.25, -0.2) is 17.5 Å². The predicted octanol–water partition coefficient (Wildman–Crippen LogP) is 2.72. The molecule has 0 bridgehead atoms. The van der Waals surface area contributed by atoms with Crippen LogP contribution in [0.5, 0.6) is 0 Å². The van der Waals surface area contributed by atoms with E-state index in [-0.39, 0.29) is 17.3 Å². The van der Waals surface area contributed by atoms with Gasteiger partial charge in [-0.1, -0.05) is 6.07 Å². The van der Waals surface area contributed by atoms with Crippen LogP contribution in [0.3, 0.4) is 0 Å². The van der Waals surface area contributed by atoms with E-state index in [4.69, 9.17) is 4.42 Å². The number of thiophene rings is 1. The molecule has 0 atom stereocenters. The third-order valence-corrected chi connectivity index (χ3v) is 5.46. The molecule has 1 N–H and O–H groups in total. The Balaban J connectivity index is 1.75. The van der Waals surface area contributed by atoms with Crippen LogP contribution in [0.1, 0.15) is 11.5 Å². The second-order valence-corrected chi connectivity index (χ2v) is 7.40. The molecular formula is C14H12FN3O3S2. The van der Waals surface area contributed by atoms with Crippen molar-refractivity contribution in [3.05, 3.63) is 53.0 Å². The minimum atomic E-state index is -3.79. The van der Waals surface area contributed by atoms with Crippen molar-refractivity contribution in [3.8, 4) is 10.8 Å². The highest BCUT2D eigenvalue weighted by Gasteiger charge is 2.18. The Morgan fingerprint density at radius 1 is 1.30 bits per heavy atom. The van der Waals surface area contributed by atoms with Crippen LogP contribution in [-0.2, 0) is 16.6 Å². The van der Waals surface area contributed by atoms with Gasteiger partial charge in [-0.3, -0.25) is 0 Å². The van der Waals surface area contributed by atoms with Crippen molar-refractivity contribution in [3.63, 3.8) is 0 Å². The normalized spacial score (nSPS) is 11.7. The number of halogens is 1. The van der Waals surface area contributed by atoms with Gasteiger partial charge in [0.1, 0.15) is 5.82 Å². The van der Waals surface area contributed by atoms with Crippen LogP contribution in [0, 0.1) is 12.7 Å². The van der Waals surface area contributed by atoms with E-state index in [1.54, 1.807) is 0 Å². The molecule has 23 heavy (non-hydrogen) atoms. The number of nitrogens with one attached hydrogen (secondary N) is 1. The van der Waals surface area contributed by atoms with Gasteiger partial charge >= 0.3 is 0 Å². The number of rotatable bonds is 5. The predicted molar refractivity (Wildman–Crippen MR) is 82.8 cm³/mol. The highest BCUT2D eigenvalue weighted by molar-refractivity contribution is 7.89.